The van der Waals surface area contributed by atoms with Crippen LogP contribution in [-0.2, 0) is 17.6 Å². The summed E-state index contributed by atoms with van der Waals surface area (Å²) in [7, 11) is 0. The van der Waals surface area contributed by atoms with Gasteiger partial charge in [-0.2, -0.15) is 4.98 Å². The Kier molecular flexibility index (Phi) is 3.60. The van der Waals surface area contributed by atoms with Crippen molar-refractivity contribution >= 4 is 0 Å². The van der Waals surface area contributed by atoms with Crippen molar-refractivity contribution in [2.45, 2.75) is 32.1 Å². The highest BCUT2D eigenvalue weighted by Crippen LogP contribution is 2.22. The second-order valence-electron chi connectivity index (χ2n) is 5.03. The number of aromatic nitrogens is 2. The van der Waals surface area contributed by atoms with E-state index in [1.807, 2.05) is 0 Å². The van der Waals surface area contributed by atoms with Crippen molar-refractivity contribution in [1.29, 1.82) is 0 Å². The molecular formula is C15H18N2O2. The first-order chi connectivity index (χ1) is 9.33. The summed E-state index contributed by atoms with van der Waals surface area (Å²) in [5.74, 6) is 1.85. The zero-order valence-electron chi connectivity index (χ0n) is 11.1. The molecule has 1 aliphatic rings. The van der Waals surface area contributed by atoms with Crippen LogP contribution in [0.25, 0.3) is 0 Å². The highest BCUT2D eigenvalue weighted by Gasteiger charge is 2.22. The van der Waals surface area contributed by atoms with E-state index >= 15 is 0 Å². The van der Waals surface area contributed by atoms with Gasteiger partial charge in [-0.3, -0.25) is 0 Å². The van der Waals surface area contributed by atoms with Crippen LogP contribution in [0.1, 0.15) is 35.2 Å². The van der Waals surface area contributed by atoms with Gasteiger partial charge in [-0.05, 0) is 30.9 Å². The van der Waals surface area contributed by atoms with E-state index in [1.54, 1.807) is 0 Å². The van der Waals surface area contributed by atoms with Crippen LogP contribution in [-0.4, -0.2) is 23.4 Å². The van der Waals surface area contributed by atoms with Crippen LogP contribution in [0.5, 0.6) is 0 Å². The number of hydrogen-bond donors (Lipinski definition) is 0. The zero-order chi connectivity index (χ0) is 13.1. The predicted octanol–water partition coefficient (Wildman–Crippen LogP) is 2.67. The van der Waals surface area contributed by atoms with E-state index in [1.165, 1.54) is 11.1 Å². The first-order valence-electron chi connectivity index (χ1n) is 6.77. The lowest BCUT2D eigenvalue weighted by Crippen LogP contribution is -2.00. The summed E-state index contributed by atoms with van der Waals surface area (Å²) in [6, 6.07) is 8.41. The lowest BCUT2D eigenvalue weighted by Gasteiger charge is -2.02. The molecule has 0 saturated carbocycles. The Morgan fingerprint density at radius 1 is 1.26 bits per heavy atom. The molecule has 2 aromatic rings. The van der Waals surface area contributed by atoms with Crippen LogP contribution in [0.3, 0.4) is 0 Å². The molecule has 4 nitrogen and oxygen atoms in total. The van der Waals surface area contributed by atoms with Crippen molar-refractivity contribution in [1.82, 2.24) is 10.1 Å². The van der Waals surface area contributed by atoms with Crippen LogP contribution >= 0.6 is 0 Å². The second-order valence-corrected chi connectivity index (χ2v) is 5.03. The number of nitrogens with zero attached hydrogens (tertiary/aromatic N) is 2. The molecule has 4 heteroatoms. The molecule has 1 aromatic carbocycles. The largest absolute Gasteiger partial charge is 0.381 e. The summed E-state index contributed by atoms with van der Waals surface area (Å²) in [4.78, 5) is 4.48. The fourth-order valence-electron chi connectivity index (χ4n) is 2.41. The van der Waals surface area contributed by atoms with Gasteiger partial charge in [0.1, 0.15) is 0 Å². The zero-order valence-corrected chi connectivity index (χ0v) is 11.1. The fourth-order valence-corrected chi connectivity index (χ4v) is 2.41. The van der Waals surface area contributed by atoms with Gasteiger partial charge in [-0.1, -0.05) is 29.4 Å². The maximum Gasteiger partial charge on any atom is 0.226 e. The minimum atomic E-state index is 0.316. The normalized spacial score (nSPS) is 18.9. The van der Waals surface area contributed by atoms with E-state index in [0.29, 0.717) is 5.92 Å². The maximum atomic E-state index is 5.34. The molecule has 0 spiro atoms. The van der Waals surface area contributed by atoms with Gasteiger partial charge < -0.3 is 9.26 Å². The van der Waals surface area contributed by atoms with Gasteiger partial charge in [0, 0.05) is 18.9 Å². The van der Waals surface area contributed by atoms with Crippen molar-refractivity contribution in [3.05, 3.63) is 47.1 Å². The van der Waals surface area contributed by atoms with Crippen LogP contribution in [0, 0.1) is 6.92 Å². The Hall–Kier alpha value is -1.68. The van der Waals surface area contributed by atoms with Crippen molar-refractivity contribution in [3.63, 3.8) is 0 Å². The van der Waals surface area contributed by atoms with E-state index in [0.717, 1.165) is 44.2 Å². The smallest absolute Gasteiger partial charge is 0.226 e. The number of aryl methyl sites for hydroxylation is 3. The van der Waals surface area contributed by atoms with Crippen LogP contribution < -0.4 is 0 Å². The molecule has 0 N–H and O–H groups in total. The van der Waals surface area contributed by atoms with Crippen LogP contribution in [0.4, 0.5) is 0 Å². The summed E-state index contributed by atoms with van der Waals surface area (Å²) >= 11 is 0. The Morgan fingerprint density at radius 2 is 2.16 bits per heavy atom. The van der Waals surface area contributed by atoms with Crippen molar-refractivity contribution in [2.24, 2.45) is 0 Å². The Morgan fingerprint density at radius 3 is 2.95 bits per heavy atom. The van der Waals surface area contributed by atoms with E-state index < -0.39 is 0 Å². The molecule has 2 heterocycles. The summed E-state index contributed by atoms with van der Waals surface area (Å²) < 4.78 is 10.7. The second kappa shape index (κ2) is 5.53. The minimum Gasteiger partial charge on any atom is -0.381 e. The van der Waals surface area contributed by atoms with E-state index in [-0.39, 0.29) is 0 Å². The monoisotopic (exact) mass is 258 g/mol. The fraction of sp³-hybridized carbons (Fsp3) is 0.467. The number of ether oxygens (including phenoxy) is 1. The number of benzene rings is 1. The molecule has 0 amide bonds. The summed E-state index contributed by atoms with van der Waals surface area (Å²) in [5, 5.41) is 4.07. The van der Waals surface area contributed by atoms with E-state index in [2.05, 4.69) is 41.3 Å². The van der Waals surface area contributed by atoms with Gasteiger partial charge in [0.05, 0.1) is 6.61 Å². The Bertz CT molecular complexity index is 545. The van der Waals surface area contributed by atoms with E-state index in [4.69, 9.17) is 9.26 Å². The molecule has 1 aliphatic heterocycles. The lowest BCUT2D eigenvalue weighted by molar-refractivity contribution is 0.192. The molecule has 0 bridgehead atoms. The SMILES string of the molecule is Cc1ccccc1CCc1nc([C@@H]2CCOC2)no1. The van der Waals surface area contributed by atoms with Gasteiger partial charge in [0.2, 0.25) is 5.89 Å². The third-order valence-electron chi connectivity index (χ3n) is 3.65. The van der Waals surface area contributed by atoms with Crippen LogP contribution in [0.2, 0.25) is 0 Å². The molecule has 0 unspecified atom stereocenters. The Balaban J connectivity index is 1.63. The molecular weight excluding hydrogens is 240 g/mol. The average molecular weight is 258 g/mol. The van der Waals surface area contributed by atoms with Gasteiger partial charge in [-0.15, -0.1) is 0 Å². The van der Waals surface area contributed by atoms with Crippen LogP contribution in [0.15, 0.2) is 28.8 Å². The van der Waals surface area contributed by atoms with Gasteiger partial charge in [0.25, 0.3) is 0 Å². The average Bonchev–Trinajstić information content (AvgIpc) is 3.09. The molecule has 0 aliphatic carbocycles. The third kappa shape index (κ3) is 2.84. The predicted molar refractivity (Wildman–Crippen MR) is 71.1 cm³/mol. The van der Waals surface area contributed by atoms with E-state index in [9.17, 15) is 0 Å². The topological polar surface area (TPSA) is 48.2 Å². The molecule has 1 atom stereocenters. The molecule has 1 fully saturated rings. The lowest BCUT2D eigenvalue weighted by atomic mass is 10.0. The highest BCUT2D eigenvalue weighted by atomic mass is 16.5. The van der Waals surface area contributed by atoms with Gasteiger partial charge in [-0.25, -0.2) is 0 Å². The first kappa shape index (κ1) is 12.4. The van der Waals surface area contributed by atoms with Crippen molar-refractivity contribution < 1.29 is 9.26 Å². The molecule has 100 valence electrons. The van der Waals surface area contributed by atoms with Crippen molar-refractivity contribution in [3.8, 4) is 0 Å². The third-order valence-corrected chi connectivity index (χ3v) is 3.65. The molecule has 19 heavy (non-hydrogen) atoms. The first-order valence-corrected chi connectivity index (χ1v) is 6.77. The highest BCUT2D eigenvalue weighted by molar-refractivity contribution is 5.25. The molecule has 3 rings (SSSR count). The summed E-state index contributed by atoms with van der Waals surface area (Å²) in [6.07, 6.45) is 2.73. The number of hydrogen-bond acceptors (Lipinski definition) is 4. The number of rotatable bonds is 4. The summed E-state index contributed by atoms with van der Waals surface area (Å²) in [5.41, 5.74) is 2.65. The standard InChI is InChI=1S/C15H18N2O2/c1-11-4-2-3-5-12(11)6-7-14-16-15(17-19-14)13-8-9-18-10-13/h2-5,13H,6-10H2,1H3/t13-/m1/s1. The minimum absolute atomic E-state index is 0.316. The van der Waals surface area contributed by atoms with Crippen molar-refractivity contribution in [2.75, 3.05) is 13.2 Å². The molecule has 1 saturated heterocycles. The molecule has 1 aromatic heterocycles. The summed E-state index contributed by atoms with van der Waals surface area (Å²) in [6.45, 7) is 3.65. The quantitative estimate of drug-likeness (QED) is 0.846. The molecule has 0 radical (unpaired) electrons. The van der Waals surface area contributed by atoms with Gasteiger partial charge in [0.15, 0.2) is 5.82 Å². The Labute approximate surface area is 112 Å². The maximum absolute atomic E-state index is 5.34. The van der Waals surface area contributed by atoms with Gasteiger partial charge >= 0.3 is 0 Å².